The molecule has 0 atom stereocenters. The monoisotopic (exact) mass is 454 g/mol. The molecule has 1 amide bonds. The van der Waals surface area contributed by atoms with Crippen LogP contribution in [0, 0.1) is 11.7 Å². The molecular formula is C25H24ClFN2O3. The predicted octanol–water partition coefficient (Wildman–Crippen LogP) is 4.84. The van der Waals surface area contributed by atoms with E-state index in [1.54, 1.807) is 34.8 Å². The Labute approximate surface area is 190 Å². The fourth-order valence-electron chi connectivity index (χ4n) is 4.40. The summed E-state index contributed by atoms with van der Waals surface area (Å²) in [6, 6.07) is 9.86. The van der Waals surface area contributed by atoms with Crippen LogP contribution in [-0.4, -0.2) is 40.0 Å². The number of halogens is 2. The molecule has 0 radical (unpaired) electrons. The molecule has 1 aromatic heterocycles. The van der Waals surface area contributed by atoms with Crippen LogP contribution in [0.4, 0.5) is 4.39 Å². The van der Waals surface area contributed by atoms with Crippen LogP contribution in [0.5, 0.6) is 0 Å². The lowest BCUT2D eigenvalue weighted by Crippen LogP contribution is -2.39. The van der Waals surface area contributed by atoms with Crippen molar-refractivity contribution in [3.8, 4) is 0 Å². The second kappa shape index (κ2) is 8.87. The van der Waals surface area contributed by atoms with Crippen LogP contribution >= 0.6 is 11.6 Å². The van der Waals surface area contributed by atoms with E-state index in [2.05, 4.69) is 0 Å². The van der Waals surface area contributed by atoms with E-state index < -0.39 is 11.6 Å². The van der Waals surface area contributed by atoms with Gasteiger partial charge in [0.05, 0.1) is 21.7 Å². The summed E-state index contributed by atoms with van der Waals surface area (Å²) in [6.45, 7) is 2.44. The third kappa shape index (κ3) is 4.32. The minimum Gasteiger partial charge on any atom is -0.350 e. The average molecular weight is 455 g/mol. The quantitative estimate of drug-likeness (QED) is 0.409. The lowest BCUT2D eigenvalue weighted by molar-refractivity contribution is -0.113. The molecule has 3 aromatic rings. The van der Waals surface area contributed by atoms with Crippen molar-refractivity contribution in [2.75, 3.05) is 13.1 Å². The van der Waals surface area contributed by atoms with Crippen molar-refractivity contribution in [3.63, 3.8) is 0 Å². The molecule has 1 aliphatic heterocycles. The molecule has 2 aromatic carbocycles. The molecule has 0 saturated carbocycles. The lowest BCUT2D eigenvalue weighted by Gasteiger charge is -2.32. The van der Waals surface area contributed by atoms with E-state index >= 15 is 0 Å². The van der Waals surface area contributed by atoms with Gasteiger partial charge in [-0.1, -0.05) is 23.7 Å². The summed E-state index contributed by atoms with van der Waals surface area (Å²) >= 11 is 6.45. The van der Waals surface area contributed by atoms with E-state index in [0.717, 1.165) is 24.8 Å². The minimum atomic E-state index is -0.585. The molecule has 0 N–H and O–H groups in total. The Morgan fingerprint density at radius 2 is 1.72 bits per heavy atom. The fourth-order valence-corrected chi connectivity index (χ4v) is 4.64. The molecule has 0 unspecified atom stereocenters. The number of amides is 1. The highest BCUT2D eigenvalue weighted by molar-refractivity contribution is 6.45. The second-order valence-corrected chi connectivity index (χ2v) is 8.86. The molecule has 1 saturated heterocycles. The van der Waals surface area contributed by atoms with Gasteiger partial charge in [0.1, 0.15) is 5.82 Å². The number of aromatic nitrogens is 1. The van der Waals surface area contributed by atoms with E-state index in [0.29, 0.717) is 40.5 Å². The number of likely N-dealkylation sites (tertiary alicyclic amines) is 1. The summed E-state index contributed by atoms with van der Waals surface area (Å²) < 4.78 is 14.8. The zero-order chi connectivity index (χ0) is 23.0. The maximum atomic E-state index is 13.2. The van der Waals surface area contributed by atoms with Crippen LogP contribution in [0.3, 0.4) is 0 Å². The summed E-state index contributed by atoms with van der Waals surface area (Å²) in [4.78, 5) is 39.0. The number of carbonyl (C=O) groups excluding carboxylic acids is 3. The molecular weight excluding hydrogens is 431 g/mol. The van der Waals surface area contributed by atoms with E-state index in [1.165, 1.54) is 19.1 Å². The van der Waals surface area contributed by atoms with Gasteiger partial charge in [-0.2, -0.15) is 0 Å². The lowest BCUT2D eigenvalue weighted by atomic mass is 9.90. The highest BCUT2D eigenvalue weighted by atomic mass is 35.5. The van der Waals surface area contributed by atoms with Gasteiger partial charge in [0.15, 0.2) is 5.78 Å². The Morgan fingerprint density at radius 1 is 1.06 bits per heavy atom. The van der Waals surface area contributed by atoms with Crippen LogP contribution in [-0.2, 0) is 18.3 Å². The Hall–Kier alpha value is -2.99. The van der Waals surface area contributed by atoms with Gasteiger partial charge in [0, 0.05) is 38.6 Å². The summed E-state index contributed by atoms with van der Waals surface area (Å²) in [5.41, 5.74) is 2.39. The first kappa shape index (κ1) is 22.2. The van der Waals surface area contributed by atoms with E-state index in [-0.39, 0.29) is 17.3 Å². The van der Waals surface area contributed by atoms with Crippen molar-refractivity contribution in [3.05, 3.63) is 70.1 Å². The van der Waals surface area contributed by atoms with Crippen LogP contribution in [0.25, 0.3) is 10.9 Å². The fraction of sp³-hybridized carbons (Fsp3) is 0.320. The zero-order valence-corrected chi connectivity index (χ0v) is 18.8. The van der Waals surface area contributed by atoms with Gasteiger partial charge in [-0.05, 0) is 55.0 Å². The number of nitrogens with zero attached hydrogens (tertiary/aromatic N) is 2. The number of carbonyl (C=O) groups is 3. The van der Waals surface area contributed by atoms with E-state index in [4.69, 9.17) is 11.6 Å². The van der Waals surface area contributed by atoms with Crippen molar-refractivity contribution in [2.24, 2.45) is 13.0 Å². The number of aryl methyl sites for hydroxylation is 1. The molecule has 0 aliphatic carbocycles. The average Bonchev–Trinajstić information content (AvgIpc) is 3.09. The Kier molecular flexibility index (Phi) is 6.15. The van der Waals surface area contributed by atoms with Crippen molar-refractivity contribution in [2.45, 2.75) is 26.2 Å². The van der Waals surface area contributed by atoms with Gasteiger partial charge >= 0.3 is 0 Å². The van der Waals surface area contributed by atoms with Crippen molar-refractivity contribution in [1.82, 2.24) is 9.47 Å². The highest BCUT2D eigenvalue weighted by Crippen LogP contribution is 2.30. The number of rotatable bonds is 5. The second-order valence-electron chi connectivity index (χ2n) is 8.45. The smallest absolute Gasteiger partial charge is 0.255 e. The largest absolute Gasteiger partial charge is 0.350 e. The topological polar surface area (TPSA) is 59.4 Å². The van der Waals surface area contributed by atoms with Crippen LogP contribution < -0.4 is 0 Å². The molecule has 5 nitrogen and oxygen atoms in total. The molecule has 0 spiro atoms. The number of ketones is 2. The highest BCUT2D eigenvalue weighted by Gasteiger charge is 2.27. The molecule has 0 bridgehead atoms. The van der Waals surface area contributed by atoms with Crippen molar-refractivity contribution < 1.29 is 18.8 Å². The zero-order valence-electron chi connectivity index (χ0n) is 18.0. The minimum absolute atomic E-state index is 0.179. The molecule has 166 valence electrons. The third-order valence-corrected chi connectivity index (χ3v) is 6.53. The maximum Gasteiger partial charge on any atom is 0.255 e. The van der Waals surface area contributed by atoms with E-state index in [1.807, 2.05) is 12.1 Å². The molecule has 7 heteroatoms. The Morgan fingerprint density at radius 3 is 2.34 bits per heavy atom. The Bertz CT molecular complexity index is 1210. The first-order valence-electron chi connectivity index (χ1n) is 10.6. The molecule has 4 rings (SSSR count). The molecule has 32 heavy (non-hydrogen) atoms. The number of Topliss-reactive ketones (excluding diaryl/α,β-unsaturated/α-hetero) is 2. The summed E-state index contributed by atoms with van der Waals surface area (Å²) in [7, 11) is 1.77. The van der Waals surface area contributed by atoms with Crippen LogP contribution in [0.1, 0.15) is 46.0 Å². The van der Waals surface area contributed by atoms with E-state index in [9.17, 15) is 18.8 Å². The molecule has 1 fully saturated rings. The Balaban J connectivity index is 1.52. The summed E-state index contributed by atoms with van der Waals surface area (Å²) in [5, 5.41) is 0.866. The number of benzene rings is 2. The summed E-state index contributed by atoms with van der Waals surface area (Å²) in [5.74, 6) is -1.13. The van der Waals surface area contributed by atoms with Gasteiger partial charge in [0.2, 0.25) is 5.78 Å². The number of hydrogen-bond acceptors (Lipinski definition) is 3. The van der Waals surface area contributed by atoms with Gasteiger partial charge < -0.3 is 9.47 Å². The van der Waals surface area contributed by atoms with Crippen LogP contribution in [0.15, 0.2) is 42.6 Å². The molecule has 2 heterocycles. The number of piperidine rings is 1. The normalized spacial score (nSPS) is 14.7. The van der Waals surface area contributed by atoms with Gasteiger partial charge in [-0.15, -0.1) is 0 Å². The number of fused-ring (bicyclic) bond motifs is 1. The molecule has 1 aliphatic rings. The summed E-state index contributed by atoms with van der Waals surface area (Å²) in [6.07, 6.45) is 4.15. The third-order valence-electron chi connectivity index (χ3n) is 6.21. The van der Waals surface area contributed by atoms with Crippen molar-refractivity contribution >= 4 is 40.0 Å². The van der Waals surface area contributed by atoms with Crippen molar-refractivity contribution in [1.29, 1.82) is 0 Å². The SMILES string of the molecule is CC(=O)C(=O)c1cn(C)c2cc(Cl)c(C(=O)N3CCC(Cc4ccc(F)cc4)CC3)cc12. The van der Waals surface area contributed by atoms with Crippen LogP contribution in [0.2, 0.25) is 5.02 Å². The first-order chi connectivity index (χ1) is 15.2. The van der Waals surface area contributed by atoms with Gasteiger partial charge in [-0.25, -0.2) is 4.39 Å². The first-order valence-corrected chi connectivity index (χ1v) is 11.0. The van der Waals surface area contributed by atoms with Gasteiger partial charge in [-0.3, -0.25) is 14.4 Å². The number of hydrogen-bond donors (Lipinski definition) is 0. The standard InChI is InChI=1S/C25H24ClFN2O3/c1-15(30)24(31)21-14-28(2)23-13-22(26)20(12-19(21)23)25(32)29-9-7-17(8-10-29)11-16-3-5-18(27)6-4-16/h3-6,12-14,17H,7-11H2,1-2H3. The maximum absolute atomic E-state index is 13.2. The predicted molar refractivity (Wildman–Crippen MR) is 122 cm³/mol. The van der Waals surface area contributed by atoms with Gasteiger partial charge in [0.25, 0.3) is 5.91 Å².